The van der Waals surface area contributed by atoms with Gasteiger partial charge in [0.25, 0.3) is 0 Å². The summed E-state index contributed by atoms with van der Waals surface area (Å²) in [6, 6.07) is -0.426. The molecule has 6 heteroatoms. The summed E-state index contributed by atoms with van der Waals surface area (Å²) in [7, 11) is 1.80. The van der Waals surface area contributed by atoms with E-state index < -0.39 is 6.04 Å². The van der Waals surface area contributed by atoms with Crippen molar-refractivity contribution in [3.8, 4) is 0 Å². The Bertz CT molecular complexity index is 440. The van der Waals surface area contributed by atoms with E-state index in [-0.39, 0.29) is 11.8 Å². The fraction of sp³-hybridized carbons (Fsp3) is 0.545. The van der Waals surface area contributed by atoms with Crippen molar-refractivity contribution in [3.05, 3.63) is 12.4 Å². The maximum absolute atomic E-state index is 12.2. The van der Waals surface area contributed by atoms with Crippen LogP contribution in [0, 0.1) is 0 Å². The summed E-state index contributed by atoms with van der Waals surface area (Å²) in [4.78, 5) is 25.3. The first-order chi connectivity index (χ1) is 8.11. The van der Waals surface area contributed by atoms with Gasteiger partial charge < -0.3 is 10.2 Å². The van der Waals surface area contributed by atoms with Crippen LogP contribution in [-0.2, 0) is 16.6 Å². The lowest BCUT2D eigenvalue weighted by molar-refractivity contribution is -0.125. The van der Waals surface area contributed by atoms with Gasteiger partial charge in [-0.1, -0.05) is 6.92 Å². The highest BCUT2D eigenvalue weighted by atomic mass is 16.2. The molecule has 1 N–H and O–H groups in total. The highest BCUT2D eigenvalue weighted by Crippen LogP contribution is 2.17. The van der Waals surface area contributed by atoms with E-state index in [0.717, 1.165) is 5.69 Å². The number of aryl methyl sites for hydroxylation is 1. The minimum Gasteiger partial charge on any atom is -0.344 e. The largest absolute Gasteiger partial charge is 0.344 e. The second-order valence-corrected chi connectivity index (χ2v) is 4.14. The first-order valence-corrected chi connectivity index (χ1v) is 5.71. The van der Waals surface area contributed by atoms with Gasteiger partial charge in [0.2, 0.25) is 11.8 Å². The zero-order valence-electron chi connectivity index (χ0n) is 10.0. The van der Waals surface area contributed by atoms with E-state index >= 15 is 0 Å². The van der Waals surface area contributed by atoms with Gasteiger partial charge in [0, 0.05) is 26.2 Å². The average molecular weight is 236 g/mol. The Balaban J connectivity index is 2.26. The van der Waals surface area contributed by atoms with Gasteiger partial charge in [-0.15, -0.1) is 0 Å². The van der Waals surface area contributed by atoms with Crippen LogP contribution in [-0.4, -0.2) is 34.2 Å². The first-order valence-electron chi connectivity index (χ1n) is 5.71. The molecule has 0 saturated carbocycles. The zero-order chi connectivity index (χ0) is 12.4. The number of carbonyl (C=O) groups is 2. The summed E-state index contributed by atoms with van der Waals surface area (Å²) in [6.07, 6.45) is 4.35. The molecule has 1 saturated heterocycles. The standard InChI is InChI=1S/C11H16N4O2/c1-3-9-11(17)15(5-4-10(16)13-9)8-6-12-14(2)7-8/h6-7,9H,3-5H2,1-2H3,(H,13,16). The van der Waals surface area contributed by atoms with Gasteiger partial charge in [-0.3, -0.25) is 14.3 Å². The molecule has 1 aliphatic rings. The summed E-state index contributed by atoms with van der Waals surface area (Å²) < 4.78 is 1.64. The fourth-order valence-electron chi connectivity index (χ4n) is 1.92. The van der Waals surface area contributed by atoms with Gasteiger partial charge in [0.1, 0.15) is 6.04 Å². The molecule has 0 aromatic carbocycles. The number of amides is 2. The topological polar surface area (TPSA) is 67.2 Å². The molecule has 6 nitrogen and oxygen atoms in total. The molecular formula is C11H16N4O2. The Hall–Kier alpha value is -1.85. The van der Waals surface area contributed by atoms with E-state index in [1.54, 1.807) is 29.0 Å². The van der Waals surface area contributed by atoms with Crippen LogP contribution in [0.1, 0.15) is 19.8 Å². The number of nitrogens with zero attached hydrogens (tertiary/aromatic N) is 3. The first kappa shape index (κ1) is 11.6. The van der Waals surface area contributed by atoms with Gasteiger partial charge in [0.05, 0.1) is 11.9 Å². The van der Waals surface area contributed by atoms with Crippen LogP contribution in [0.5, 0.6) is 0 Å². The number of hydrogen-bond donors (Lipinski definition) is 1. The van der Waals surface area contributed by atoms with Crippen LogP contribution in [0.4, 0.5) is 5.69 Å². The highest BCUT2D eigenvalue weighted by Gasteiger charge is 2.29. The molecule has 1 fully saturated rings. The fourth-order valence-corrected chi connectivity index (χ4v) is 1.92. The van der Waals surface area contributed by atoms with Gasteiger partial charge >= 0.3 is 0 Å². The summed E-state index contributed by atoms with van der Waals surface area (Å²) in [6.45, 7) is 2.29. The lowest BCUT2D eigenvalue weighted by Gasteiger charge is -2.21. The highest BCUT2D eigenvalue weighted by molar-refractivity contribution is 6.01. The predicted molar refractivity (Wildman–Crippen MR) is 62.4 cm³/mol. The van der Waals surface area contributed by atoms with Crippen molar-refractivity contribution in [1.29, 1.82) is 0 Å². The molecule has 2 amide bonds. The van der Waals surface area contributed by atoms with Gasteiger partial charge in [-0.05, 0) is 6.42 Å². The lowest BCUT2D eigenvalue weighted by Crippen LogP contribution is -2.44. The summed E-state index contributed by atoms with van der Waals surface area (Å²) >= 11 is 0. The number of nitrogens with one attached hydrogen (secondary N) is 1. The van der Waals surface area contributed by atoms with E-state index in [2.05, 4.69) is 10.4 Å². The Kier molecular flexibility index (Phi) is 3.12. The van der Waals surface area contributed by atoms with Crippen LogP contribution in [0.25, 0.3) is 0 Å². The molecule has 1 aliphatic heterocycles. The van der Waals surface area contributed by atoms with E-state index in [9.17, 15) is 9.59 Å². The monoisotopic (exact) mass is 236 g/mol. The second kappa shape index (κ2) is 4.57. The van der Waals surface area contributed by atoms with Crippen LogP contribution >= 0.6 is 0 Å². The molecule has 1 aromatic heterocycles. The molecule has 2 heterocycles. The molecule has 92 valence electrons. The van der Waals surface area contributed by atoms with Crippen LogP contribution in [0.15, 0.2) is 12.4 Å². The average Bonchev–Trinajstić information content (AvgIpc) is 2.66. The molecule has 2 rings (SSSR count). The smallest absolute Gasteiger partial charge is 0.249 e. The van der Waals surface area contributed by atoms with Crippen LogP contribution < -0.4 is 10.2 Å². The van der Waals surface area contributed by atoms with Crippen LogP contribution in [0.2, 0.25) is 0 Å². The molecule has 1 atom stereocenters. The normalized spacial score (nSPS) is 21.3. The Morgan fingerprint density at radius 3 is 2.88 bits per heavy atom. The van der Waals surface area contributed by atoms with E-state index in [1.165, 1.54) is 0 Å². The van der Waals surface area contributed by atoms with Crippen molar-refractivity contribution in [2.24, 2.45) is 7.05 Å². The maximum Gasteiger partial charge on any atom is 0.249 e. The third-order valence-corrected chi connectivity index (χ3v) is 2.87. The van der Waals surface area contributed by atoms with Crippen molar-refractivity contribution in [2.45, 2.75) is 25.8 Å². The molecule has 1 unspecified atom stereocenters. The molecule has 17 heavy (non-hydrogen) atoms. The van der Waals surface area contributed by atoms with Crippen molar-refractivity contribution < 1.29 is 9.59 Å². The van der Waals surface area contributed by atoms with Gasteiger partial charge in [0.15, 0.2) is 0 Å². The molecule has 1 aromatic rings. The summed E-state index contributed by atoms with van der Waals surface area (Å²) in [5, 5.41) is 6.77. The minimum atomic E-state index is -0.426. The summed E-state index contributed by atoms with van der Waals surface area (Å²) in [5.74, 6) is -0.136. The number of rotatable bonds is 2. The van der Waals surface area contributed by atoms with Crippen LogP contribution in [0.3, 0.4) is 0 Å². The Morgan fingerprint density at radius 2 is 2.29 bits per heavy atom. The Morgan fingerprint density at radius 1 is 1.53 bits per heavy atom. The SMILES string of the molecule is CCC1NC(=O)CCN(c2cnn(C)c2)C1=O. The van der Waals surface area contributed by atoms with E-state index in [4.69, 9.17) is 0 Å². The number of anilines is 1. The lowest BCUT2D eigenvalue weighted by atomic mass is 10.2. The summed E-state index contributed by atoms with van der Waals surface area (Å²) in [5.41, 5.74) is 0.743. The van der Waals surface area contributed by atoms with E-state index in [0.29, 0.717) is 19.4 Å². The van der Waals surface area contributed by atoms with Gasteiger partial charge in [-0.2, -0.15) is 5.10 Å². The zero-order valence-corrected chi connectivity index (χ0v) is 10.0. The molecule has 0 bridgehead atoms. The van der Waals surface area contributed by atoms with Crippen molar-refractivity contribution in [3.63, 3.8) is 0 Å². The molecule has 0 spiro atoms. The molecule has 0 aliphatic carbocycles. The third kappa shape index (κ3) is 2.30. The number of carbonyl (C=O) groups excluding carboxylic acids is 2. The quantitative estimate of drug-likeness (QED) is 0.789. The van der Waals surface area contributed by atoms with Gasteiger partial charge in [-0.25, -0.2) is 0 Å². The third-order valence-electron chi connectivity index (χ3n) is 2.87. The van der Waals surface area contributed by atoms with Crippen molar-refractivity contribution in [1.82, 2.24) is 15.1 Å². The predicted octanol–water partition coefficient (Wildman–Crippen LogP) is 0.0516. The maximum atomic E-state index is 12.2. The molecule has 0 radical (unpaired) electrons. The van der Waals surface area contributed by atoms with Crippen molar-refractivity contribution in [2.75, 3.05) is 11.4 Å². The number of hydrogen-bond acceptors (Lipinski definition) is 3. The minimum absolute atomic E-state index is 0.0636. The Labute approximate surface area is 99.6 Å². The molecular weight excluding hydrogens is 220 g/mol. The van der Waals surface area contributed by atoms with Crippen molar-refractivity contribution >= 4 is 17.5 Å². The van der Waals surface area contributed by atoms with E-state index in [1.807, 2.05) is 6.92 Å². The number of aromatic nitrogens is 2. The second-order valence-electron chi connectivity index (χ2n) is 4.14.